The van der Waals surface area contributed by atoms with Gasteiger partial charge in [0.15, 0.2) is 0 Å². The number of aliphatic hydroxyl groups excluding tert-OH is 1. The topological polar surface area (TPSA) is 67.2 Å². The maximum Gasteiger partial charge on any atom is 0.269 e. The van der Waals surface area contributed by atoms with Crippen LogP contribution in [0.15, 0.2) is 6.07 Å². The van der Waals surface area contributed by atoms with E-state index in [-0.39, 0.29) is 11.9 Å². The molecular formula is C12H19N3O2. The Hall–Kier alpha value is -1.36. The highest BCUT2D eigenvalue weighted by molar-refractivity contribution is 5.92. The van der Waals surface area contributed by atoms with E-state index in [4.69, 9.17) is 0 Å². The minimum absolute atomic E-state index is 0.119. The van der Waals surface area contributed by atoms with Gasteiger partial charge in [0.2, 0.25) is 0 Å². The number of aliphatic hydroxyl groups is 1. The molecule has 94 valence electrons. The molecular weight excluding hydrogens is 218 g/mol. The number of aryl methyl sites for hydroxylation is 2. The minimum atomic E-state index is -0.415. The molecule has 5 heteroatoms. The summed E-state index contributed by atoms with van der Waals surface area (Å²) in [6.07, 6.45) is 3.31. The molecule has 0 spiro atoms. The van der Waals surface area contributed by atoms with E-state index in [2.05, 4.69) is 10.4 Å². The molecule has 1 aromatic heterocycles. The first-order valence-electron chi connectivity index (χ1n) is 6.07. The number of hydrogen-bond donors (Lipinski definition) is 2. The number of carbonyl (C=O) groups is 1. The van der Waals surface area contributed by atoms with Crippen LogP contribution < -0.4 is 5.32 Å². The quantitative estimate of drug-likeness (QED) is 0.798. The first kappa shape index (κ1) is 12.1. The monoisotopic (exact) mass is 237 g/mol. The van der Waals surface area contributed by atoms with Gasteiger partial charge in [0, 0.05) is 7.05 Å². The van der Waals surface area contributed by atoms with Gasteiger partial charge in [-0.3, -0.25) is 9.48 Å². The molecule has 2 atom stereocenters. The second-order valence-electron chi connectivity index (χ2n) is 4.73. The van der Waals surface area contributed by atoms with Crippen LogP contribution in [0.2, 0.25) is 0 Å². The Morgan fingerprint density at radius 2 is 2.24 bits per heavy atom. The van der Waals surface area contributed by atoms with Gasteiger partial charge < -0.3 is 10.4 Å². The van der Waals surface area contributed by atoms with Crippen molar-refractivity contribution in [2.75, 3.05) is 0 Å². The summed E-state index contributed by atoms with van der Waals surface area (Å²) in [4.78, 5) is 12.0. The maximum absolute atomic E-state index is 12.0. The Morgan fingerprint density at radius 3 is 2.82 bits per heavy atom. The van der Waals surface area contributed by atoms with Crippen LogP contribution in [-0.2, 0) is 7.05 Å². The van der Waals surface area contributed by atoms with Crippen molar-refractivity contribution >= 4 is 5.91 Å². The van der Waals surface area contributed by atoms with Gasteiger partial charge in [0.1, 0.15) is 5.69 Å². The highest BCUT2D eigenvalue weighted by Gasteiger charge is 2.25. The van der Waals surface area contributed by atoms with E-state index in [9.17, 15) is 9.90 Å². The first-order chi connectivity index (χ1) is 8.08. The van der Waals surface area contributed by atoms with E-state index in [1.165, 1.54) is 0 Å². The van der Waals surface area contributed by atoms with Crippen LogP contribution in [0, 0.1) is 6.92 Å². The Kier molecular flexibility index (Phi) is 3.47. The average Bonchev–Trinajstić information content (AvgIpc) is 2.61. The number of rotatable bonds is 2. The normalized spacial score (nSPS) is 24.6. The van der Waals surface area contributed by atoms with Gasteiger partial charge in [-0.1, -0.05) is 12.8 Å². The van der Waals surface area contributed by atoms with Crippen LogP contribution >= 0.6 is 0 Å². The molecule has 17 heavy (non-hydrogen) atoms. The van der Waals surface area contributed by atoms with Crippen molar-refractivity contribution in [1.82, 2.24) is 15.1 Å². The van der Waals surface area contributed by atoms with Gasteiger partial charge in [-0.05, 0) is 25.8 Å². The molecule has 1 fully saturated rings. The molecule has 1 aliphatic carbocycles. The van der Waals surface area contributed by atoms with E-state index in [1.54, 1.807) is 17.8 Å². The SMILES string of the molecule is Cc1cc(C(=O)N[C@H]2CCCC[C@@H]2O)n(C)n1. The Labute approximate surface area is 101 Å². The maximum atomic E-state index is 12.0. The summed E-state index contributed by atoms with van der Waals surface area (Å²) in [5.74, 6) is -0.154. The third kappa shape index (κ3) is 2.66. The second-order valence-corrected chi connectivity index (χ2v) is 4.73. The highest BCUT2D eigenvalue weighted by Crippen LogP contribution is 2.18. The molecule has 0 aliphatic heterocycles. The van der Waals surface area contributed by atoms with Crippen LogP contribution in [0.5, 0.6) is 0 Å². The average molecular weight is 237 g/mol. The van der Waals surface area contributed by atoms with Crippen molar-refractivity contribution in [3.8, 4) is 0 Å². The van der Waals surface area contributed by atoms with Crippen molar-refractivity contribution in [2.24, 2.45) is 7.05 Å². The van der Waals surface area contributed by atoms with Crippen LogP contribution in [0.4, 0.5) is 0 Å². The summed E-state index contributed by atoms with van der Waals surface area (Å²) >= 11 is 0. The van der Waals surface area contributed by atoms with Crippen LogP contribution in [-0.4, -0.2) is 32.9 Å². The summed E-state index contributed by atoms with van der Waals surface area (Å²) in [5, 5.41) is 16.8. The molecule has 0 radical (unpaired) electrons. The van der Waals surface area contributed by atoms with Crippen molar-refractivity contribution < 1.29 is 9.90 Å². The number of amides is 1. The van der Waals surface area contributed by atoms with E-state index < -0.39 is 6.10 Å². The van der Waals surface area contributed by atoms with Gasteiger partial charge in [-0.15, -0.1) is 0 Å². The van der Waals surface area contributed by atoms with E-state index in [0.717, 1.165) is 31.4 Å². The zero-order valence-corrected chi connectivity index (χ0v) is 10.3. The fourth-order valence-corrected chi connectivity index (χ4v) is 2.35. The molecule has 2 rings (SSSR count). The van der Waals surface area contributed by atoms with Gasteiger partial charge >= 0.3 is 0 Å². The van der Waals surface area contributed by atoms with E-state index in [0.29, 0.717) is 5.69 Å². The summed E-state index contributed by atoms with van der Waals surface area (Å²) < 4.78 is 1.57. The Morgan fingerprint density at radius 1 is 1.53 bits per heavy atom. The lowest BCUT2D eigenvalue weighted by molar-refractivity contribution is 0.0710. The third-order valence-corrected chi connectivity index (χ3v) is 3.28. The fraction of sp³-hybridized carbons (Fsp3) is 0.667. The van der Waals surface area contributed by atoms with Gasteiger partial charge in [0.05, 0.1) is 17.8 Å². The first-order valence-corrected chi connectivity index (χ1v) is 6.07. The van der Waals surface area contributed by atoms with E-state index in [1.807, 2.05) is 6.92 Å². The number of aromatic nitrogens is 2. The van der Waals surface area contributed by atoms with Crippen LogP contribution in [0.25, 0.3) is 0 Å². The van der Waals surface area contributed by atoms with Crippen molar-refractivity contribution in [3.63, 3.8) is 0 Å². The van der Waals surface area contributed by atoms with E-state index >= 15 is 0 Å². The number of nitrogens with zero attached hydrogens (tertiary/aromatic N) is 2. The summed E-state index contributed by atoms with van der Waals surface area (Å²) in [6, 6.07) is 1.64. The molecule has 0 aromatic carbocycles. The third-order valence-electron chi connectivity index (χ3n) is 3.28. The number of carbonyl (C=O) groups excluding carboxylic acids is 1. The molecule has 1 saturated carbocycles. The zero-order chi connectivity index (χ0) is 12.4. The molecule has 5 nitrogen and oxygen atoms in total. The standard InChI is InChI=1S/C12H19N3O2/c1-8-7-10(15(2)14-8)12(17)13-9-5-3-4-6-11(9)16/h7,9,11,16H,3-6H2,1-2H3,(H,13,17)/t9-,11-/m0/s1. The lowest BCUT2D eigenvalue weighted by Gasteiger charge is -2.28. The lowest BCUT2D eigenvalue weighted by atomic mass is 9.92. The van der Waals surface area contributed by atoms with Crippen molar-refractivity contribution in [3.05, 3.63) is 17.5 Å². The molecule has 1 heterocycles. The molecule has 1 aromatic rings. The fourth-order valence-electron chi connectivity index (χ4n) is 2.35. The summed E-state index contributed by atoms with van der Waals surface area (Å²) in [5.41, 5.74) is 1.36. The van der Waals surface area contributed by atoms with Crippen LogP contribution in [0.1, 0.15) is 41.9 Å². The Balaban J connectivity index is 2.03. The number of hydrogen-bond acceptors (Lipinski definition) is 3. The smallest absolute Gasteiger partial charge is 0.269 e. The molecule has 1 aliphatic rings. The van der Waals surface area contributed by atoms with Gasteiger partial charge in [-0.25, -0.2) is 0 Å². The predicted octanol–water partition coefficient (Wildman–Crippen LogP) is 0.762. The predicted molar refractivity (Wildman–Crippen MR) is 63.7 cm³/mol. The molecule has 2 N–H and O–H groups in total. The molecule has 0 bridgehead atoms. The summed E-state index contributed by atoms with van der Waals surface area (Å²) in [6.45, 7) is 1.85. The van der Waals surface area contributed by atoms with Crippen LogP contribution in [0.3, 0.4) is 0 Å². The summed E-state index contributed by atoms with van der Waals surface area (Å²) in [7, 11) is 1.75. The zero-order valence-electron chi connectivity index (χ0n) is 10.3. The number of nitrogens with one attached hydrogen (secondary N) is 1. The largest absolute Gasteiger partial charge is 0.391 e. The Bertz CT molecular complexity index is 414. The molecule has 1 amide bonds. The van der Waals surface area contributed by atoms with Gasteiger partial charge in [0.25, 0.3) is 5.91 Å². The molecule has 0 saturated heterocycles. The minimum Gasteiger partial charge on any atom is -0.391 e. The second kappa shape index (κ2) is 4.87. The lowest BCUT2D eigenvalue weighted by Crippen LogP contribution is -2.45. The van der Waals surface area contributed by atoms with Crippen molar-refractivity contribution in [1.29, 1.82) is 0 Å². The highest BCUT2D eigenvalue weighted by atomic mass is 16.3. The van der Waals surface area contributed by atoms with Crippen molar-refractivity contribution in [2.45, 2.75) is 44.8 Å². The molecule has 0 unspecified atom stereocenters. The van der Waals surface area contributed by atoms with Gasteiger partial charge in [-0.2, -0.15) is 5.10 Å².